The normalized spacial score (nSPS) is 11.8. The minimum Gasteiger partial charge on any atom is -0.197 e. The zero-order chi connectivity index (χ0) is 11.4. The summed E-state index contributed by atoms with van der Waals surface area (Å²) < 4.78 is 1.19. The number of halogens is 1. The first-order valence-corrected chi connectivity index (χ1v) is 6.09. The highest BCUT2D eigenvalue weighted by Crippen LogP contribution is 2.24. The molecule has 0 aromatic heterocycles. The summed E-state index contributed by atoms with van der Waals surface area (Å²) in [5.74, 6) is -0.168. The van der Waals surface area contributed by atoms with Crippen LogP contribution in [0.3, 0.4) is 0 Å². The third-order valence-electron chi connectivity index (χ3n) is 2.47. The minimum atomic E-state index is -0.168. The van der Waals surface area contributed by atoms with Crippen molar-refractivity contribution in [3.63, 3.8) is 0 Å². The Morgan fingerprint density at radius 1 is 0.875 bits per heavy atom. The van der Waals surface area contributed by atoms with Crippen molar-refractivity contribution in [2.75, 3.05) is 0 Å². The van der Waals surface area contributed by atoms with Crippen LogP contribution >= 0.6 is 22.6 Å². The molecule has 1 atom stereocenters. The monoisotopic (exact) mass is 319 g/mol. The molecule has 1 nitrogen and oxygen atoms in total. The molecular formula is C14H10IN. The number of hydrogen-bond donors (Lipinski definition) is 0. The molecule has 78 valence electrons. The van der Waals surface area contributed by atoms with Crippen molar-refractivity contribution in [3.8, 4) is 6.07 Å². The summed E-state index contributed by atoms with van der Waals surface area (Å²) in [5.41, 5.74) is 2.10. The van der Waals surface area contributed by atoms with Crippen molar-refractivity contribution in [1.82, 2.24) is 0 Å². The van der Waals surface area contributed by atoms with E-state index in [1.165, 1.54) is 3.57 Å². The summed E-state index contributed by atoms with van der Waals surface area (Å²) in [4.78, 5) is 0. The van der Waals surface area contributed by atoms with Crippen LogP contribution in [0.2, 0.25) is 0 Å². The van der Waals surface area contributed by atoms with E-state index in [1.54, 1.807) is 0 Å². The number of rotatable bonds is 2. The van der Waals surface area contributed by atoms with E-state index in [0.717, 1.165) is 11.1 Å². The molecule has 0 saturated carbocycles. The van der Waals surface area contributed by atoms with Crippen molar-refractivity contribution in [3.05, 3.63) is 69.3 Å². The molecule has 0 aliphatic heterocycles. The maximum absolute atomic E-state index is 9.25. The Balaban J connectivity index is 2.38. The SMILES string of the molecule is N#C[C@@H](c1ccccc1)c1ccc(I)cc1. The summed E-state index contributed by atoms with van der Waals surface area (Å²) in [6.45, 7) is 0. The van der Waals surface area contributed by atoms with E-state index >= 15 is 0 Å². The lowest BCUT2D eigenvalue weighted by Gasteiger charge is -2.09. The fraction of sp³-hybridized carbons (Fsp3) is 0.0714. The number of benzene rings is 2. The van der Waals surface area contributed by atoms with Gasteiger partial charge in [0, 0.05) is 3.57 Å². The van der Waals surface area contributed by atoms with Crippen LogP contribution in [-0.2, 0) is 0 Å². The van der Waals surface area contributed by atoms with Gasteiger partial charge in [-0.25, -0.2) is 0 Å². The molecule has 0 aliphatic carbocycles. The third kappa shape index (κ3) is 2.42. The lowest BCUT2D eigenvalue weighted by Crippen LogP contribution is -1.97. The molecule has 2 aromatic rings. The van der Waals surface area contributed by atoms with Crippen LogP contribution in [0, 0.1) is 14.9 Å². The Kier molecular flexibility index (Phi) is 3.58. The van der Waals surface area contributed by atoms with E-state index in [0.29, 0.717) is 0 Å². The molecule has 2 heteroatoms. The van der Waals surface area contributed by atoms with Crippen LogP contribution < -0.4 is 0 Å². The first-order chi connectivity index (χ1) is 7.81. The molecule has 16 heavy (non-hydrogen) atoms. The molecule has 0 heterocycles. The second-order valence-electron chi connectivity index (χ2n) is 3.52. The van der Waals surface area contributed by atoms with Gasteiger partial charge in [-0.15, -0.1) is 0 Å². The molecule has 0 unspecified atom stereocenters. The lowest BCUT2D eigenvalue weighted by atomic mass is 9.93. The van der Waals surface area contributed by atoms with Crippen molar-refractivity contribution in [2.24, 2.45) is 0 Å². The molecule has 2 rings (SSSR count). The van der Waals surface area contributed by atoms with Gasteiger partial charge in [-0.05, 0) is 45.9 Å². The Morgan fingerprint density at radius 3 is 2.00 bits per heavy atom. The number of hydrogen-bond acceptors (Lipinski definition) is 1. The average molecular weight is 319 g/mol. The van der Waals surface area contributed by atoms with E-state index in [9.17, 15) is 5.26 Å². The van der Waals surface area contributed by atoms with Crippen molar-refractivity contribution in [1.29, 1.82) is 5.26 Å². The van der Waals surface area contributed by atoms with Gasteiger partial charge in [0.2, 0.25) is 0 Å². The molecule has 0 spiro atoms. The number of nitriles is 1. The van der Waals surface area contributed by atoms with Crippen LogP contribution in [0.1, 0.15) is 17.0 Å². The fourth-order valence-electron chi connectivity index (χ4n) is 1.64. The third-order valence-corrected chi connectivity index (χ3v) is 3.18. The zero-order valence-electron chi connectivity index (χ0n) is 8.60. The highest BCUT2D eigenvalue weighted by molar-refractivity contribution is 14.1. The highest BCUT2D eigenvalue weighted by atomic mass is 127. The Hall–Kier alpha value is -1.34. The summed E-state index contributed by atoms with van der Waals surface area (Å²) in [5, 5.41) is 9.25. The molecule has 0 fully saturated rings. The highest BCUT2D eigenvalue weighted by Gasteiger charge is 2.12. The van der Waals surface area contributed by atoms with Gasteiger partial charge in [0.25, 0.3) is 0 Å². The van der Waals surface area contributed by atoms with Crippen molar-refractivity contribution in [2.45, 2.75) is 5.92 Å². The van der Waals surface area contributed by atoms with Gasteiger partial charge in [0.15, 0.2) is 0 Å². The van der Waals surface area contributed by atoms with E-state index in [4.69, 9.17) is 0 Å². The van der Waals surface area contributed by atoms with Crippen LogP contribution in [-0.4, -0.2) is 0 Å². The van der Waals surface area contributed by atoms with Crippen LogP contribution in [0.15, 0.2) is 54.6 Å². The van der Waals surface area contributed by atoms with Gasteiger partial charge < -0.3 is 0 Å². The predicted molar refractivity (Wildman–Crippen MR) is 73.1 cm³/mol. The summed E-state index contributed by atoms with van der Waals surface area (Å²) in [6, 6.07) is 20.3. The molecule has 0 radical (unpaired) electrons. The van der Waals surface area contributed by atoms with Crippen LogP contribution in [0.25, 0.3) is 0 Å². The Bertz CT molecular complexity index is 497. The maximum Gasteiger partial charge on any atom is 0.0962 e. The van der Waals surface area contributed by atoms with Crippen LogP contribution in [0.4, 0.5) is 0 Å². The van der Waals surface area contributed by atoms with Crippen LogP contribution in [0.5, 0.6) is 0 Å². The van der Waals surface area contributed by atoms with E-state index in [1.807, 2.05) is 54.6 Å². The average Bonchev–Trinajstić information content (AvgIpc) is 2.34. The molecule has 0 N–H and O–H groups in total. The Morgan fingerprint density at radius 2 is 1.44 bits per heavy atom. The standard InChI is InChI=1S/C14H10IN/c15-13-8-6-12(7-9-13)14(10-16)11-4-2-1-3-5-11/h1-9,14H/t14-/m0/s1. The minimum absolute atomic E-state index is 0.168. The summed E-state index contributed by atoms with van der Waals surface area (Å²) in [6.07, 6.45) is 0. The smallest absolute Gasteiger partial charge is 0.0962 e. The maximum atomic E-state index is 9.25. The Labute approximate surface area is 109 Å². The fourth-order valence-corrected chi connectivity index (χ4v) is 2.00. The van der Waals surface area contributed by atoms with E-state index < -0.39 is 0 Å². The van der Waals surface area contributed by atoms with Gasteiger partial charge in [0.05, 0.1) is 12.0 Å². The van der Waals surface area contributed by atoms with E-state index in [2.05, 4.69) is 28.7 Å². The predicted octanol–water partition coefficient (Wildman–Crippen LogP) is 3.95. The summed E-state index contributed by atoms with van der Waals surface area (Å²) in [7, 11) is 0. The second kappa shape index (κ2) is 5.13. The zero-order valence-corrected chi connectivity index (χ0v) is 10.8. The number of nitrogens with zero attached hydrogens (tertiary/aromatic N) is 1. The van der Waals surface area contributed by atoms with E-state index in [-0.39, 0.29) is 5.92 Å². The first kappa shape index (κ1) is 11.2. The second-order valence-corrected chi connectivity index (χ2v) is 4.77. The van der Waals surface area contributed by atoms with Gasteiger partial charge >= 0.3 is 0 Å². The van der Waals surface area contributed by atoms with Crippen molar-refractivity contribution >= 4 is 22.6 Å². The van der Waals surface area contributed by atoms with Gasteiger partial charge in [-0.3, -0.25) is 0 Å². The van der Waals surface area contributed by atoms with Gasteiger partial charge in [-0.1, -0.05) is 42.5 Å². The first-order valence-electron chi connectivity index (χ1n) is 5.01. The molecule has 0 amide bonds. The van der Waals surface area contributed by atoms with Gasteiger partial charge in [0.1, 0.15) is 0 Å². The summed E-state index contributed by atoms with van der Waals surface area (Å²) >= 11 is 2.26. The molecule has 0 aliphatic rings. The lowest BCUT2D eigenvalue weighted by molar-refractivity contribution is 1.04. The molecule has 0 saturated heterocycles. The topological polar surface area (TPSA) is 23.8 Å². The molecule has 2 aromatic carbocycles. The van der Waals surface area contributed by atoms with Crippen molar-refractivity contribution < 1.29 is 0 Å². The largest absolute Gasteiger partial charge is 0.197 e. The van der Waals surface area contributed by atoms with Gasteiger partial charge in [-0.2, -0.15) is 5.26 Å². The molecular weight excluding hydrogens is 309 g/mol. The quantitative estimate of drug-likeness (QED) is 0.769. The molecule has 0 bridgehead atoms.